The van der Waals surface area contributed by atoms with Gasteiger partial charge < -0.3 is 4.74 Å². The molecular weight excluding hydrogens is 176 g/mol. The van der Waals surface area contributed by atoms with Crippen molar-refractivity contribution < 1.29 is 9.53 Å². The lowest BCUT2D eigenvalue weighted by Crippen LogP contribution is -2.41. The van der Waals surface area contributed by atoms with E-state index >= 15 is 0 Å². The van der Waals surface area contributed by atoms with Crippen LogP contribution in [0.3, 0.4) is 0 Å². The minimum Gasteiger partial charge on any atom is -0.378 e. The van der Waals surface area contributed by atoms with Crippen LogP contribution in [-0.2, 0) is 9.53 Å². The third-order valence-corrected chi connectivity index (χ3v) is 3.16. The third kappa shape index (κ3) is 2.68. The van der Waals surface area contributed by atoms with Crippen molar-refractivity contribution in [1.29, 1.82) is 0 Å². The lowest BCUT2D eigenvalue weighted by atomic mass is 9.76. The first-order valence-electron chi connectivity index (χ1n) is 5.35. The number of methoxy groups -OCH3 is 1. The molecular formula is C12H20O2. The maximum Gasteiger partial charge on any atom is 0.139 e. The zero-order chi connectivity index (χ0) is 10.6. The van der Waals surface area contributed by atoms with E-state index in [1.807, 2.05) is 6.92 Å². The predicted octanol–water partition coefficient (Wildman–Crippen LogP) is 2.87. The van der Waals surface area contributed by atoms with Crippen molar-refractivity contribution in [3.05, 3.63) is 12.2 Å². The summed E-state index contributed by atoms with van der Waals surface area (Å²) in [6, 6.07) is 0. The maximum atomic E-state index is 11.6. The van der Waals surface area contributed by atoms with E-state index in [9.17, 15) is 4.79 Å². The Bertz CT molecular complexity index is 221. The minimum absolute atomic E-state index is 0.120. The number of carbonyl (C=O) groups is 1. The van der Waals surface area contributed by atoms with E-state index in [1.165, 1.54) is 6.42 Å². The molecule has 0 aromatic heterocycles. The summed E-state index contributed by atoms with van der Waals surface area (Å²) in [7, 11) is 1.71. The molecule has 0 atom stereocenters. The van der Waals surface area contributed by atoms with Crippen molar-refractivity contribution in [3.63, 3.8) is 0 Å². The lowest BCUT2D eigenvalue weighted by Gasteiger charge is -2.40. The summed E-state index contributed by atoms with van der Waals surface area (Å²) in [5.41, 5.74) is 0.908. The lowest BCUT2D eigenvalue weighted by molar-refractivity contribution is -0.131. The molecule has 80 valence electrons. The van der Waals surface area contributed by atoms with Gasteiger partial charge >= 0.3 is 0 Å². The molecule has 0 N–H and O–H groups in total. The van der Waals surface area contributed by atoms with Gasteiger partial charge in [-0.3, -0.25) is 4.79 Å². The van der Waals surface area contributed by atoms with Gasteiger partial charge in [0.2, 0.25) is 0 Å². The molecule has 1 aliphatic rings. The Morgan fingerprint density at radius 3 is 2.50 bits per heavy atom. The van der Waals surface area contributed by atoms with Crippen molar-refractivity contribution in [2.75, 3.05) is 7.11 Å². The number of rotatable bonds is 6. The molecule has 2 nitrogen and oxygen atoms in total. The van der Waals surface area contributed by atoms with Crippen molar-refractivity contribution in [1.82, 2.24) is 0 Å². The van der Waals surface area contributed by atoms with E-state index in [4.69, 9.17) is 4.74 Å². The average Bonchev–Trinajstić information content (AvgIpc) is 2.11. The van der Waals surface area contributed by atoms with Gasteiger partial charge in [-0.1, -0.05) is 19.1 Å². The van der Waals surface area contributed by atoms with Crippen LogP contribution in [0.25, 0.3) is 0 Å². The fourth-order valence-corrected chi connectivity index (χ4v) is 1.85. The highest BCUT2D eigenvalue weighted by Crippen LogP contribution is 2.38. The highest BCUT2D eigenvalue weighted by atomic mass is 16.5. The molecule has 14 heavy (non-hydrogen) atoms. The molecule has 0 saturated heterocycles. The molecule has 0 spiro atoms. The molecule has 0 aromatic rings. The first kappa shape index (κ1) is 11.4. The summed E-state index contributed by atoms with van der Waals surface area (Å²) in [6.07, 6.45) is 5.26. The van der Waals surface area contributed by atoms with Gasteiger partial charge in [0, 0.05) is 20.0 Å². The van der Waals surface area contributed by atoms with Gasteiger partial charge in [-0.2, -0.15) is 0 Å². The van der Waals surface area contributed by atoms with Crippen LogP contribution in [0.2, 0.25) is 0 Å². The minimum atomic E-state index is -0.120. The molecule has 0 heterocycles. The summed E-state index contributed by atoms with van der Waals surface area (Å²) in [5, 5.41) is 0. The summed E-state index contributed by atoms with van der Waals surface area (Å²) in [5.74, 6) is 0.276. The first-order valence-corrected chi connectivity index (χ1v) is 5.35. The van der Waals surface area contributed by atoms with Crippen molar-refractivity contribution in [2.24, 2.45) is 0 Å². The topological polar surface area (TPSA) is 26.3 Å². The largest absolute Gasteiger partial charge is 0.378 e. The average molecular weight is 196 g/mol. The molecule has 0 unspecified atom stereocenters. The SMILES string of the molecule is C=C(CC)CC(=O)CC1(OC)CCC1. The molecule has 0 amide bonds. The Morgan fingerprint density at radius 1 is 1.50 bits per heavy atom. The summed E-state index contributed by atoms with van der Waals surface area (Å²) >= 11 is 0. The highest BCUT2D eigenvalue weighted by Gasteiger charge is 2.38. The van der Waals surface area contributed by atoms with Gasteiger partial charge in [-0.05, 0) is 25.7 Å². The number of ether oxygens (including phenoxy) is 1. The number of carbonyl (C=O) groups excluding carboxylic acids is 1. The smallest absolute Gasteiger partial charge is 0.139 e. The Hall–Kier alpha value is -0.630. The fourth-order valence-electron chi connectivity index (χ4n) is 1.85. The van der Waals surface area contributed by atoms with Gasteiger partial charge in [-0.25, -0.2) is 0 Å². The van der Waals surface area contributed by atoms with E-state index in [0.29, 0.717) is 12.8 Å². The Morgan fingerprint density at radius 2 is 2.14 bits per heavy atom. The standard InChI is InChI=1S/C12H20O2/c1-4-10(2)8-11(13)9-12(14-3)6-5-7-12/h2,4-9H2,1,3H3. The maximum absolute atomic E-state index is 11.6. The first-order chi connectivity index (χ1) is 6.62. The van der Waals surface area contributed by atoms with Crippen LogP contribution in [0, 0.1) is 0 Å². The molecule has 1 aliphatic carbocycles. The van der Waals surface area contributed by atoms with Gasteiger partial charge in [0.05, 0.1) is 5.60 Å². The molecule has 0 aliphatic heterocycles. The number of allylic oxidation sites excluding steroid dienone is 1. The summed E-state index contributed by atoms with van der Waals surface area (Å²) < 4.78 is 5.41. The second-order valence-electron chi connectivity index (χ2n) is 4.24. The van der Waals surface area contributed by atoms with E-state index in [0.717, 1.165) is 24.8 Å². The Kier molecular flexibility index (Phi) is 3.87. The number of hydrogen-bond donors (Lipinski definition) is 0. The molecule has 1 rings (SSSR count). The summed E-state index contributed by atoms with van der Waals surface area (Å²) in [4.78, 5) is 11.6. The molecule has 0 bridgehead atoms. The molecule has 2 heteroatoms. The zero-order valence-electron chi connectivity index (χ0n) is 9.27. The quantitative estimate of drug-likeness (QED) is 0.611. The fraction of sp³-hybridized carbons (Fsp3) is 0.750. The monoisotopic (exact) mass is 196 g/mol. The summed E-state index contributed by atoms with van der Waals surface area (Å²) in [6.45, 7) is 5.88. The Labute approximate surface area is 86.3 Å². The van der Waals surface area contributed by atoms with Gasteiger partial charge in [0.25, 0.3) is 0 Å². The van der Waals surface area contributed by atoms with Crippen LogP contribution in [0.4, 0.5) is 0 Å². The van der Waals surface area contributed by atoms with Crippen LogP contribution in [-0.4, -0.2) is 18.5 Å². The zero-order valence-corrected chi connectivity index (χ0v) is 9.27. The van der Waals surface area contributed by atoms with Crippen LogP contribution >= 0.6 is 0 Å². The van der Waals surface area contributed by atoms with Crippen LogP contribution in [0.5, 0.6) is 0 Å². The Balaban J connectivity index is 2.36. The number of ketones is 1. The van der Waals surface area contributed by atoms with Crippen LogP contribution in [0.15, 0.2) is 12.2 Å². The molecule has 1 saturated carbocycles. The van der Waals surface area contributed by atoms with Crippen LogP contribution in [0.1, 0.15) is 45.4 Å². The van der Waals surface area contributed by atoms with Gasteiger partial charge in [-0.15, -0.1) is 0 Å². The van der Waals surface area contributed by atoms with Crippen LogP contribution < -0.4 is 0 Å². The predicted molar refractivity (Wildman–Crippen MR) is 57.3 cm³/mol. The molecule has 0 radical (unpaired) electrons. The number of Topliss-reactive ketones (excluding diaryl/α,β-unsaturated/α-hetero) is 1. The highest BCUT2D eigenvalue weighted by molar-refractivity contribution is 5.81. The van der Waals surface area contributed by atoms with Gasteiger partial charge in [0.15, 0.2) is 0 Å². The van der Waals surface area contributed by atoms with Crippen molar-refractivity contribution >= 4 is 5.78 Å². The normalized spacial score (nSPS) is 18.7. The molecule has 1 fully saturated rings. The van der Waals surface area contributed by atoms with E-state index in [-0.39, 0.29) is 11.4 Å². The molecule has 0 aromatic carbocycles. The van der Waals surface area contributed by atoms with Gasteiger partial charge in [0.1, 0.15) is 5.78 Å². The number of hydrogen-bond acceptors (Lipinski definition) is 2. The second-order valence-corrected chi connectivity index (χ2v) is 4.24. The van der Waals surface area contributed by atoms with Crippen molar-refractivity contribution in [3.8, 4) is 0 Å². The van der Waals surface area contributed by atoms with E-state index in [1.54, 1.807) is 7.11 Å². The van der Waals surface area contributed by atoms with E-state index < -0.39 is 0 Å². The van der Waals surface area contributed by atoms with E-state index in [2.05, 4.69) is 6.58 Å². The second kappa shape index (κ2) is 4.74. The third-order valence-electron chi connectivity index (χ3n) is 3.16. The van der Waals surface area contributed by atoms with Crippen molar-refractivity contribution in [2.45, 2.75) is 51.0 Å².